The maximum absolute atomic E-state index is 14.1. The van der Waals surface area contributed by atoms with Crippen LogP contribution in [0, 0.1) is 0 Å². The van der Waals surface area contributed by atoms with Crippen molar-refractivity contribution in [3.8, 4) is 0 Å². The van der Waals surface area contributed by atoms with Gasteiger partial charge in [-0.05, 0) is 0 Å². The molecule has 6 nitrogen and oxygen atoms in total. The third kappa shape index (κ3) is 2.05. The van der Waals surface area contributed by atoms with E-state index >= 15 is 0 Å². The Kier molecular flexibility index (Phi) is 3.44. The fourth-order valence-corrected chi connectivity index (χ4v) is 2.08. The number of aliphatic hydroxyl groups excluding tert-OH is 2. The molecule has 0 aromatic heterocycles. The first-order valence-corrected chi connectivity index (χ1v) is 5.66. The zero-order valence-electron chi connectivity index (χ0n) is 10.1. The van der Waals surface area contributed by atoms with E-state index in [9.17, 15) is 19.4 Å². The van der Waals surface area contributed by atoms with Gasteiger partial charge in [0.05, 0.1) is 6.61 Å². The predicted octanol–water partition coefficient (Wildman–Crippen LogP) is -0.625. The number of hydrogen-bond acceptors (Lipinski definition) is 5. The highest BCUT2D eigenvalue weighted by molar-refractivity contribution is 5.89. The Morgan fingerprint density at radius 2 is 2.37 bits per heavy atom. The Bertz CT molecular complexity index is 453. The van der Waals surface area contributed by atoms with Crippen LogP contribution in [0.4, 0.5) is 4.39 Å². The first-order valence-electron chi connectivity index (χ1n) is 5.66. The minimum Gasteiger partial charge on any atom is -0.393 e. The van der Waals surface area contributed by atoms with Crippen LogP contribution in [-0.2, 0) is 9.53 Å². The molecule has 2 rings (SSSR count). The van der Waals surface area contributed by atoms with Gasteiger partial charge in [0.15, 0.2) is 12.4 Å². The Hall–Kier alpha value is -1.70. The maximum Gasteiger partial charge on any atom is 0.250 e. The Morgan fingerprint density at radius 3 is 2.84 bits per heavy atom. The second-order valence-electron chi connectivity index (χ2n) is 4.37. The number of ether oxygens (including phenoxy) is 1. The summed E-state index contributed by atoms with van der Waals surface area (Å²) in [7, 11) is 0. The molecule has 0 aromatic rings. The topological polar surface area (TPSA) is 82.0 Å². The number of alkyl halides is 1. The van der Waals surface area contributed by atoms with Gasteiger partial charge >= 0.3 is 0 Å². The van der Waals surface area contributed by atoms with Crippen LogP contribution in [0.2, 0.25) is 0 Å². The largest absolute Gasteiger partial charge is 0.393 e. The number of carbonyl (C=O) groups is 1. The van der Waals surface area contributed by atoms with E-state index < -0.39 is 30.7 Å². The quantitative estimate of drug-likeness (QED) is 0.595. The third-order valence-corrected chi connectivity index (χ3v) is 3.25. The van der Waals surface area contributed by atoms with Crippen LogP contribution in [0.15, 0.2) is 37.3 Å². The van der Waals surface area contributed by atoms with Crippen molar-refractivity contribution < 1.29 is 24.1 Å². The molecule has 0 radical (unpaired) electrons. The lowest BCUT2D eigenvalue weighted by Crippen LogP contribution is -2.45. The molecule has 0 aliphatic carbocycles. The fourth-order valence-electron chi connectivity index (χ4n) is 2.08. The summed E-state index contributed by atoms with van der Waals surface area (Å²) in [4.78, 5) is 12.3. The van der Waals surface area contributed by atoms with Gasteiger partial charge in [-0.3, -0.25) is 4.79 Å². The second-order valence-corrected chi connectivity index (χ2v) is 4.37. The molecule has 1 saturated heterocycles. The monoisotopic (exact) mass is 270 g/mol. The molecule has 19 heavy (non-hydrogen) atoms. The van der Waals surface area contributed by atoms with Crippen molar-refractivity contribution in [3.63, 3.8) is 0 Å². The van der Waals surface area contributed by atoms with Crippen molar-refractivity contribution >= 4 is 5.91 Å². The van der Waals surface area contributed by atoms with Crippen LogP contribution < -0.4 is 5.32 Å². The fraction of sp³-hybridized carbons (Fsp3) is 0.417. The molecule has 4 atom stereocenters. The SMILES string of the molecule is C=C[C@]1(CO)O[C@@H](N2C=CC(=O)NC2=C)[C@@H](F)[C@@H]1O. The average Bonchev–Trinajstić information content (AvgIpc) is 2.64. The lowest BCUT2D eigenvalue weighted by molar-refractivity contribution is -0.121. The summed E-state index contributed by atoms with van der Waals surface area (Å²) >= 11 is 0. The van der Waals surface area contributed by atoms with Crippen LogP contribution in [-0.4, -0.2) is 51.7 Å². The summed E-state index contributed by atoms with van der Waals surface area (Å²) < 4.78 is 19.5. The molecule has 2 heterocycles. The highest BCUT2D eigenvalue weighted by Gasteiger charge is 2.55. The van der Waals surface area contributed by atoms with E-state index in [1.165, 1.54) is 23.3 Å². The summed E-state index contributed by atoms with van der Waals surface area (Å²) in [6, 6.07) is 0. The van der Waals surface area contributed by atoms with Crippen molar-refractivity contribution in [1.82, 2.24) is 10.2 Å². The lowest BCUT2D eigenvalue weighted by Gasteiger charge is -2.32. The number of nitrogens with one attached hydrogen (secondary N) is 1. The van der Waals surface area contributed by atoms with Gasteiger partial charge in [0, 0.05) is 12.3 Å². The van der Waals surface area contributed by atoms with Crippen molar-refractivity contribution in [2.45, 2.75) is 24.1 Å². The number of halogens is 1. The number of hydrogen-bond donors (Lipinski definition) is 3. The van der Waals surface area contributed by atoms with Gasteiger partial charge in [-0.2, -0.15) is 0 Å². The van der Waals surface area contributed by atoms with E-state index in [1.807, 2.05) is 0 Å². The molecule has 0 spiro atoms. The highest BCUT2D eigenvalue weighted by Crippen LogP contribution is 2.36. The van der Waals surface area contributed by atoms with E-state index in [1.54, 1.807) is 0 Å². The zero-order valence-corrected chi connectivity index (χ0v) is 10.1. The van der Waals surface area contributed by atoms with Gasteiger partial charge in [-0.25, -0.2) is 4.39 Å². The lowest BCUT2D eigenvalue weighted by atomic mass is 9.97. The van der Waals surface area contributed by atoms with Crippen molar-refractivity contribution in [3.05, 3.63) is 37.3 Å². The van der Waals surface area contributed by atoms with Crippen molar-refractivity contribution in [1.29, 1.82) is 0 Å². The molecule has 1 fully saturated rings. The molecular formula is C12H15FN2O4. The van der Waals surface area contributed by atoms with Gasteiger partial charge < -0.3 is 25.2 Å². The number of carbonyl (C=O) groups excluding carboxylic acids is 1. The number of nitrogens with zero attached hydrogens (tertiary/aromatic N) is 1. The molecule has 0 saturated carbocycles. The van der Waals surface area contributed by atoms with Gasteiger partial charge in [0.25, 0.3) is 5.91 Å². The molecule has 2 aliphatic heterocycles. The molecule has 0 aromatic carbocycles. The Morgan fingerprint density at radius 1 is 1.68 bits per heavy atom. The van der Waals surface area contributed by atoms with Crippen LogP contribution in [0.25, 0.3) is 0 Å². The molecule has 2 aliphatic rings. The van der Waals surface area contributed by atoms with Gasteiger partial charge in [-0.15, -0.1) is 6.58 Å². The summed E-state index contributed by atoms with van der Waals surface area (Å²) in [6.07, 6.45) is -0.893. The molecule has 0 bridgehead atoms. The van der Waals surface area contributed by atoms with E-state index in [2.05, 4.69) is 18.5 Å². The molecule has 1 amide bonds. The molecule has 7 heteroatoms. The number of rotatable bonds is 3. The first-order chi connectivity index (χ1) is 8.95. The Balaban J connectivity index is 2.27. The van der Waals surface area contributed by atoms with Crippen LogP contribution in [0.5, 0.6) is 0 Å². The van der Waals surface area contributed by atoms with Crippen LogP contribution in [0.3, 0.4) is 0 Å². The average molecular weight is 270 g/mol. The standard InChI is InChI=1S/C12H15FN2O4/c1-3-12(6-16)10(18)9(13)11(19-12)15-5-4-8(17)14-7(15)2/h3-5,9-11,16,18H,1-2,6H2,(H,14,17)/t9-,10-,11+,12+/m0/s1. The van der Waals surface area contributed by atoms with Crippen LogP contribution in [0.1, 0.15) is 0 Å². The number of aliphatic hydroxyl groups is 2. The number of amides is 1. The summed E-state index contributed by atoms with van der Waals surface area (Å²) in [6.45, 7) is 6.41. The predicted molar refractivity (Wildman–Crippen MR) is 64.1 cm³/mol. The Labute approximate surface area is 109 Å². The maximum atomic E-state index is 14.1. The van der Waals surface area contributed by atoms with Crippen LogP contribution >= 0.6 is 0 Å². The van der Waals surface area contributed by atoms with Gasteiger partial charge in [-0.1, -0.05) is 12.7 Å². The van der Waals surface area contributed by atoms with Crippen molar-refractivity contribution in [2.75, 3.05) is 6.61 Å². The smallest absolute Gasteiger partial charge is 0.250 e. The first kappa shape index (κ1) is 13.7. The molecule has 104 valence electrons. The third-order valence-electron chi connectivity index (χ3n) is 3.25. The summed E-state index contributed by atoms with van der Waals surface area (Å²) in [5, 5.41) is 21.5. The molecule has 3 N–H and O–H groups in total. The normalized spacial score (nSPS) is 38.5. The molecule has 0 unspecified atom stereocenters. The van der Waals surface area contributed by atoms with E-state index in [4.69, 9.17) is 4.74 Å². The minimum absolute atomic E-state index is 0.130. The zero-order chi connectivity index (χ0) is 14.2. The van der Waals surface area contributed by atoms with E-state index in [0.717, 1.165) is 0 Å². The van der Waals surface area contributed by atoms with Gasteiger partial charge in [0.2, 0.25) is 0 Å². The van der Waals surface area contributed by atoms with E-state index in [0.29, 0.717) is 0 Å². The van der Waals surface area contributed by atoms with Crippen molar-refractivity contribution in [2.24, 2.45) is 0 Å². The molecular weight excluding hydrogens is 255 g/mol. The summed E-state index contributed by atoms with van der Waals surface area (Å²) in [5.41, 5.74) is -1.57. The second kappa shape index (κ2) is 4.76. The highest BCUT2D eigenvalue weighted by atomic mass is 19.1. The van der Waals surface area contributed by atoms with Gasteiger partial charge in [0.1, 0.15) is 17.5 Å². The van der Waals surface area contributed by atoms with E-state index in [-0.39, 0.29) is 11.7 Å². The minimum atomic E-state index is -1.79. The summed E-state index contributed by atoms with van der Waals surface area (Å²) in [5.74, 6) is -0.252.